The van der Waals surface area contributed by atoms with Crippen molar-refractivity contribution >= 4 is 17.3 Å². The Morgan fingerprint density at radius 3 is 2.40 bits per heavy atom. The fourth-order valence-electron chi connectivity index (χ4n) is 2.33. The zero-order valence-corrected chi connectivity index (χ0v) is 12.7. The van der Waals surface area contributed by atoms with Crippen LogP contribution < -0.4 is 11.1 Å². The van der Waals surface area contributed by atoms with E-state index >= 15 is 0 Å². The molecule has 0 aromatic heterocycles. The zero-order chi connectivity index (χ0) is 15.3. The van der Waals surface area contributed by atoms with Crippen molar-refractivity contribution in [3.05, 3.63) is 23.8 Å². The van der Waals surface area contributed by atoms with Gasteiger partial charge in [0.25, 0.3) is 0 Å². The van der Waals surface area contributed by atoms with Crippen LogP contribution in [0.5, 0.6) is 0 Å². The van der Waals surface area contributed by atoms with Crippen molar-refractivity contribution in [1.82, 2.24) is 4.90 Å². The summed E-state index contributed by atoms with van der Waals surface area (Å²) in [4.78, 5) is 13.5. The predicted molar refractivity (Wildman–Crippen MR) is 83.3 cm³/mol. The molecule has 1 aromatic rings. The average molecular weight is 279 g/mol. The molecule has 0 radical (unpaired) electrons. The van der Waals surface area contributed by atoms with Crippen LogP contribution >= 0.6 is 0 Å². The molecule has 0 fully saturated rings. The maximum Gasteiger partial charge on any atom is 0.337 e. The van der Waals surface area contributed by atoms with Gasteiger partial charge in [-0.25, -0.2) is 4.79 Å². The molecule has 0 saturated carbocycles. The van der Waals surface area contributed by atoms with E-state index in [4.69, 9.17) is 10.8 Å². The van der Waals surface area contributed by atoms with Crippen molar-refractivity contribution in [1.29, 1.82) is 0 Å². The lowest BCUT2D eigenvalue weighted by Gasteiger charge is -2.30. The van der Waals surface area contributed by atoms with Crippen LogP contribution in [0.4, 0.5) is 11.4 Å². The lowest BCUT2D eigenvalue weighted by molar-refractivity contribution is 0.0698. The van der Waals surface area contributed by atoms with Crippen LogP contribution in [0.1, 0.15) is 38.1 Å². The largest absolute Gasteiger partial charge is 0.478 e. The molecule has 0 bridgehead atoms. The number of carboxylic acid groups (broad SMARTS) is 1. The number of hydrogen-bond acceptors (Lipinski definition) is 4. The number of nitrogen functional groups attached to an aromatic ring is 1. The van der Waals surface area contributed by atoms with Gasteiger partial charge in [0.2, 0.25) is 0 Å². The number of nitrogens with one attached hydrogen (secondary N) is 1. The summed E-state index contributed by atoms with van der Waals surface area (Å²) in [6.07, 6.45) is 0. The Bertz CT molecular complexity index is 450. The Balaban J connectivity index is 2.70. The van der Waals surface area contributed by atoms with Gasteiger partial charge in [-0.05, 0) is 45.9 Å². The molecular formula is C15H25N3O2. The second kappa shape index (κ2) is 7.14. The van der Waals surface area contributed by atoms with E-state index in [1.807, 2.05) is 0 Å². The van der Waals surface area contributed by atoms with Crippen LogP contribution in [0, 0.1) is 0 Å². The van der Waals surface area contributed by atoms with E-state index in [2.05, 4.69) is 37.9 Å². The molecule has 0 aliphatic rings. The highest BCUT2D eigenvalue weighted by atomic mass is 16.4. The number of hydrogen-bond donors (Lipinski definition) is 3. The van der Waals surface area contributed by atoms with E-state index in [0.717, 1.165) is 6.54 Å². The molecule has 0 saturated heterocycles. The average Bonchev–Trinajstić information content (AvgIpc) is 2.33. The summed E-state index contributed by atoms with van der Waals surface area (Å²) in [5.41, 5.74) is 7.09. The first-order valence-corrected chi connectivity index (χ1v) is 6.95. The van der Waals surface area contributed by atoms with Gasteiger partial charge in [-0.2, -0.15) is 0 Å². The van der Waals surface area contributed by atoms with Gasteiger partial charge in [0.05, 0.1) is 11.3 Å². The Morgan fingerprint density at radius 1 is 1.30 bits per heavy atom. The summed E-state index contributed by atoms with van der Waals surface area (Å²) >= 11 is 0. The summed E-state index contributed by atoms with van der Waals surface area (Å²) in [5, 5.41) is 12.3. The molecule has 0 unspecified atom stereocenters. The van der Waals surface area contributed by atoms with E-state index in [0.29, 0.717) is 30.0 Å². The van der Waals surface area contributed by atoms with Crippen LogP contribution in [0.25, 0.3) is 0 Å². The smallest absolute Gasteiger partial charge is 0.337 e. The maximum absolute atomic E-state index is 11.2. The Morgan fingerprint density at radius 2 is 1.90 bits per heavy atom. The Hall–Kier alpha value is -1.75. The van der Waals surface area contributed by atoms with Crippen LogP contribution in [-0.2, 0) is 0 Å². The van der Waals surface area contributed by atoms with Gasteiger partial charge in [-0.3, -0.25) is 4.90 Å². The van der Waals surface area contributed by atoms with Crippen molar-refractivity contribution in [3.63, 3.8) is 0 Å². The molecule has 0 aliphatic heterocycles. The summed E-state index contributed by atoms with van der Waals surface area (Å²) in [5.74, 6) is -0.947. The van der Waals surface area contributed by atoms with E-state index in [1.165, 1.54) is 6.07 Å². The van der Waals surface area contributed by atoms with E-state index in [1.54, 1.807) is 12.1 Å². The first-order chi connectivity index (χ1) is 9.32. The minimum Gasteiger partial charge on any atom is -0.478 e. The normalized spacial score (nSPS) is 11.3. The van der Waals surface area contributed by atoms with Gasteiger partial charge in [0.15, 0.2) is 0 Å². The summed E-state index contributed by atoms with van der Waals surface area (Å²) in [6, 6.07) is 5.71. The number of aromatic carboxylic acids is 1. The minimum absolute atomic E-state index is 0.250. The Labute approximate surface area is 120 Å². The van der Waals surface area contributed by atoms with Gasteiger partial charge in [0.1, 0.15) is 0 Å². The Kier molecular flexibility index (Phi) is 5.82. The van der Waals surface area contributed by atoms with Crippen molar-refractivity contribution in [2.24, 2.45) is 0 Å². The number of rotatable bonds is 7. The van der Waals surface area contributed by atoms with Gasteiger partial charge in [0, 0.05) is 30.9 Å². The monoisotopic (exact) mass is 279 g/mol. The number of nitrogens with two attached hydrogens (primary N) is 1. The van der Waals surface area contributed by atoms with Gasteiger partial charge >= 0.3 is 5.97 Å². The third kappa shape index (κ3) is 4.42. The fraction of sp³-hybridized carbons (Fsp3) is 0.533. The topological polar surface area (TPSA) is 78.6 Å². The van der Waals surface area contributed by atoms with Crippen LogP contribution in [0.15, 0.2) is 18.2 Å². The minimum atomic E-state index is -0.947. The number of carboxylic acids is 1. The molecule has 5 heteroatoms. The fourth-order valence-corrected chi connectivity index (χ4v) is 2.33. The second-order valence-corrected chi connectivity index (χ2v) is 5.46. The molecule has 4 N–H and O–H groups in total. The summed E-state index contributed by atoms with van der Waals surface area (Å²) in [6.45, 7) is 10.2. The summed E-state index contributed by atoms with van der Waals surface area (Å²) < 4.78 is 0. The molecule has 5 nitrogen and oxygen atoms in total. The third-order valence-electron chi connectivity index (χ3n) is 3.29. The molecule has 20 heavy (non-hydrogen) atoms. The lowest BCUT2D eigenvalue weighted by atomic mass is 10.1. The molecule has 0 atom stereocenters. The van der Waals surface area contributed by atoms with Gasteiger partial charge < -0.3 is 16.2 Å². The van der Waals surface area contributed by atoms with E-state index < -0.39 is 5.97 Å². The quantitative estimate of drug-likeness (QED) is 0.668. The van der Waals surface area contributed by atoms with Gasteiger partial charge in [-0.1, -0.05) is 0 Å². The van der Waals surface area contributed by atoms with Crippen LogP contribution in [-0.4, -0.2) is 41.1 Å². The molecule has 0 heterocycles. The van der Waals surface area contributed by atoms with Crippen LogP contribution in [0.2, 0.25) is 0 Å². The SMILES string of the molecule is CC(C)N(CCNc1cc(N)ccc1C(=O)O)C(C)C. The standard InChI is InChI=1S/C15H25N3O2/c1-10(2)18(11(3)4)8-7-17-14-9-12(16)5-6-13(14)15(19)20/h5-6,9-11,17H,7-8,16H2,1-4H3,(H,19,20). The van der Waals surface area contributed by atoms with Crippen molar-refractivity contribution in [3.8, 4) is 0 Å². The number of anilines is 2. The number of carbonyl (C=O) groups is 1. The highest BCUT2D eigenvalue weighted by molar-refractivity contribution is 5.95. The van der Waals surface area contributed by atoms with E-state index in [-0.39, 0.29) is 5.56 Å². The molecule has 0 spiro atoms. The van der Waals surface area contributed by atoms with Gasteiger partial charge in [-0.15, -0.1) is 0 Å². The summed E-state index contributed by atoms with van der Waals surface area (Å²) in [7, 11) is 0. The number of benzene rings is 1. The predicted octanol–water partition coefficient (Wildman–Crippen LogP) is 2.50. The lowest BCUT2D eigenvalue weighted by Crippen LogP contribution is -2.40. The highest BCUT2D eigenvalue weighted by Gasteiger charge is 2.14. The third-order valence-corrected chi connectivity index (χ3v) is 3.29. The highest BCUT2D eigenvalue weighted by Crippen LogP contribution is 2.19. The first-order valence-electron chi connectivity index (χ1n) is 6.95. The number of nitrogens with zero attached hydrogens (tertiary/aromatic N) is 1. The molecule has 0 amide bonds. The zero-order valence-electron chi connectivity index (χ0n) is 12.7. The maximum atomic E-state index is 11.2. The molecule has 1 aromatic carbocycles. The molecule has 1 rings (SSSR count). The van der Waals surface area contributed by atoms with Crippen molar-refractivity contribution in [2.75, 3.05) is 24.1 Å². The second-order valence-electron chi connectivity index (χ2n) is 5.46. The van der Waals surface area contributed by atoms with Crippen LogP contribution in [0.3, 0.4) is 0 Å². The van der Waals surface area contributed by atoms with Crippen molar-refractivity contribution < 1.29 is 9.90 Å². The van der Waals surface area contributed by atoms with Crippen molar-refractivity contribution in [2.45, 2.75) is 39.8 Å². The first kappa shape index (κ1) is 16.3. The molecule has 0 aliphatic carbocycles. The molecular weight excluding hydrogens is 254 g/mol. The van der Waals surface area contributed by atoms with E-state index in [9.17, 15) is 4.79 Å². The molecule has 112 valence electrons.